The Morgan fingerprint density at radius 2 is 2.00 bits per heavy atom. The molecule has 1 rings (SSSR count). The Balaban J connectivity index is 0.000000671. The molecule has 0 aromatic heterocycles. The number of hydrogen-bond donors (Lipinski definition) is 0. The number of cyclic esters (lactones) is 1. The van der Waals surface area contributed by atoms with E-state index in [9.17, 15) is 4.79 Å². The van der Waals surface area contributed by atoms with Gasteiger partial charge in [-0.3, -0.25) is 0 Å². The molecule has 1 aliphatic rings. The van der Waals surface area contributed by atoms with Crippen LogP contribution in [-0.2, 0) is 14.3 Å². The fourth-order valence-corrected chi connectivity index (χ4v) is 1.21. The third-order valence-corrected chi connectivity index (χ3v) is 1.85. The average Bonchev–Trinajstić information content (AvgIpc) is 2.44. The first-order chi connectivity index (χ1) is 6.20. The van der Waals surface area contributed by atoms with E-state index in [1.165, 1.54) is 7.11 Å². The standard InChI is InChI=1S/C8H12O3.C2H6/c1-4-6-5(2)7(10-3)8(9)11-6;1-2/h6H,4H2,1-3H3;1-2H3. The lowest BCUT2D eigenvalue weighted by molar-refractivity contribution is -0.142. The molecule has 0 aromatic carbocycles. The van der Waals surface area contributed by atoms with Gasteiger partial charge in [-0.25, -0.2) is 4.79 Å². The molecule has 1 atom stereocenters. The van der Waals surface area contributed by atoms with E-state index in [-0.39, 0.29) is 12.1 Å². The first-order valence-corrected chi connectivity index (χ1v) is 4.66. The summed E-state index contributed by atoms with van der Waals surface area (Å²) in [4.78, 5) is 11.0. The number of rotatable bonds is 2. The lowest BCUT2D eigenvalue weighted by atomic mass is 10.1. The van der Waals surface area contributed by atoms with Crippen LogP contribution < -0.4 is 0 Å². The number of esters is 1. The van der Waals surface area contributed by atoms with Gasteiger partial charge in [0.25, 0.3) is 0 Å². The van der Waals surface area contributed by atoms with Crippen molar-refractivity contribution in [3.63, 3.8) is 0 Å². The van der Waals surface area contributed by atoms with Crippen molar-refractivity contribution < 1.29 is 14.3 Å². The van der Waals surface area contributed by atoms with Gasteiger partial charge in [0.05, 0.1) is 7.11 Å². The van der Waals surface area contributed by atoms with E-state index in [1.807, 2.05) is 27.7 Å². The lowest BCUT2D eigenvalue weighted by Crippen LogP contribution is -2.08. The Hall–Kier alpha value is -0.990. The second-order valence-electron chi connectivity index (χ2n) is 2.52. The van der Waals surface area contributed by atoms with Gasteiger partial charge in [-0.15, -0.1) is 0 Å². The summed E-state index contributed by atoms with van der Waals surface area (Å²) in [5, 5.41) is 0. The molecule has 0 spiro atoms. The highest BCUT2D eigenvalue weighted by Gasteiger charge is 2.30. The molecule has 0 fully saturated rings. The summed E-state index contributed by atoms with van der Waals surface area (Å²) in [7, 11) is 1.48. The van der Waals surface area contributed by atoms with Crippen molar-refractivity contribution >= 4 is 5.97 Å². The van der Waals surface area contributed by atoms with Crippen molar-refractivity contribution in [3.05, 3.63) is 11.3 Å². The second-order valence-corrected chi connectivity index (χ2v) is 2.52. The van der Waals surface area contributed by atoms with E-state index >= 15 is 0 Å². The molecule has 1 heterocycles. The molecule has 3 nitrogen and oxygen atoms in total. The van der Waals surface area contributed by atoms with Crippen molar-refractivity contribution in [2.24, 2.45) is 0 Å². The Morgan fingerprint density at radius 3 is 2.23 bits per heavy atom. The molecule has 0 saturated carbocycles. The van der Waals surface area contributed by atoms with Crippen molar-refractivity contribution in [2.45, 2.75) is 40.2 Å². The lowest BCUT2D eigenvalue weighted by Gasteiger charge is -2.05. The monoisotopic (exact) mass is 186 g/mol. The average molecular weight is 186 g/mol. The maximum absolute atomic E-state index is 11.0. The molecular weight excluding hydrogens is 168 g/mol. The van der Waals surface area contributed by atoms with Crippen LogP contribution in [0.4, 0.5) is 0 Å². The van der Waals surface area contributed by atoms with Gasteiger partial charge in [0.1, 0.15) is 6.10 Å². The molecule has 0 bridgehead atoms. The van der Waals surface area contributed by atoms with Gasteiger partial charge in [-0.1, -0.05) is 20.8 Å². The minimum Gasteiger partial charge on any atom is -0.490 e. The van der Waals surface area contributed by atoms with Gasteiger partial charge in [0.2, 0.25) is 5.76 Å². The molecule has 1 unspecified atom stereocenters. The fourth-order valence-electron chi connectivity index (χ4n) is 1.21. The highest BCUT2D eigenvalue weighted by molar-refractivity contribution is 5.89. The number of methoxy groups -OCH3 is 1. The zero-order chi connectivity index (χ0) is 10.4. The molecule has 13 heavy (non-hydrogen) atoms. The predicted molar refractivity (Wildman–Crippen MR) is 51.2 cm³/mol. The van der Waals surface area contributed by atoms with Crippen LogP contribution in [0.2, 0.25) is 0 Å². The highest BCUT2D eigenvalue weighted by atomic mass is 16.6. The van der Waals surface area contributed by atoms with Crippen LogP contribution in [0.1, 0.15) is 34.1 Å². The number of hydrogen-bond acceptors (Lipinski definition) is 3. The summed E-state index contributed by atoms with van der Waals surface area (Å²) < 4.78 is 9.86. The maximum Gasteiger partial charge on any atom is 0.374 e. The van der Waals surface area contributed by atoms with Crippen LogP contribution in [0, 0.1) is 0 Å². The second kappa shape index (κ2) is 5.62. The number of carbonyl (C=O) groups excluding carboxylic acids is 1. The molecule has 76 valence electrons. The Labute approximate surface area is 79.7 Å². The van der Waals surface area contributed by atoms with E-state index in [2.05, 4.69) is 0 Å². The van der Waals surface area contributed by atoms with Gasteiger partial charge >= 0.3 is 5.97 Å². The highest BCUT2D eigenvalue weighted by Crippen LogP contribution is 2.24. The van der Waals surface area contributed by atoms with Gasteiger partial charge in [0, 0.05) is 5.57 Å². The zero-order valence-electron chi connectivity index (χ0n) is 9.01. The zero-order valence-corrected chi connectivity index (χ0v) is 9.01. The van der Waals surface area contributed by atoms with Crippen molar-refractivity contribution in [3.8, 4) is 0 Å². The Bertz CT molecular complexity index is 206. The minimum atomic E-state index is -0.336. The molecule has 3 heteroatoms. The number of ether oxygens (including phenoxy) is 2. The van der Waals surface area contributed by atoms with Crippen LogP contribution in [0.25, 0.3) is 0 Å². The molecule has 0 radical (unpaired) electrons. The van der Waals surface area contributed by atoms with Crippen molar-refractivity contribution in [1.29, 1.82) is 0 Å². The smallest absolute Gasteiger partial charge is 0.374 e. The minimum absolute atomic E-state index is 0.0718. The topological polar surface area (TPSA) is 35.5 Å². The molecule has 0 aliphatic carbocycles. The fraction of sp³-hybridized carbons (Fsp3) is 0.700. The van der Waals surface area contributed by atoms with Crippen LogP contribution in [0.5, 0.6) is 0 Å². The molecular formula is C10H18O3. The largest absolute Gasteiger partial charge is 0.490 e. The van der Waals surface area contributed by atoms with Gasteiger partial charge < -0.3 is 9.47 Å². The quantitative estimate of drug-likeness (QED) is 0.620. The first kappa shape index (κ1) is 12.0. The summed E-state index contributed by atoms with van der Waals surface area (Å²) >= 11 is 0. The predicted octanol–water partition coefficient (Wildman–Crippen LogP) is 2.27. The van der Waals surface area contributed by atoms with Crippen LogP contribution in [0.15, 0.2) is 11.3 Å². The van der Waals surface area contributed by atoms with E-state index in [4.69, 9.17) is 9.47 Å². The maximum atomic E-state index is 11.0. The van der Waals surface area contributed by atoms with Crippen LogP contribution >= 0.6 is 0 Å². The third-order valence-electron chi connectivity index (χ3n) is 1.85. The van der Waals surface area contributed by atoms with Crippen LogP contribution in [0.3, 0.4) is 0 Å². The van der Waals surface area contributed by atoms with Gasteiger partial charge in [-0.2, -0.15) is 0 Å². The molecule has 1 aliphatic heterocycles. The van der Waals surface area contributed by atoms with Crippen LogP contribution in [-0.4, -0.2) is 19.2 Å². The summed E-state index contributed by atoms with van der Waals surface area (Å²) in [6, 6.07) is 0. The summed E-state index contributed by atoms with van der Waals surface area (Å²) in [5.74, 6) is 0.0358. The van der Waals surface area contributed by atoms with E-state index in [0.29, 0.717) is 5.76 Å². The summed E-state index contributed by atoms with van der Waals surface area (Å²) in [6.45, 7) is 7.83. The van der Waals surface area contributed by atoms with Gasteiger partial charge in [0.15, 0.2) is 0 Å². The van der Waals surface area contributed by atoms with Gasteiger partial charge in [-0.05, 0) is 13.3 Å². The van der Waals surface area contributed by atoms with Crippen molar-refractivity contribution in [1.82, 2.24) is 0 Å². The summed E-state index contributed by atoms with van der Waals surface area (Å²) in [5.41, 5.74) is 0.903. The SMILES string of the molecule is CC.CCC1OC(=O)C(OC)=C1C. The molecule has 0 N–H and O–H groups in total. The molecule has 0 aromatic rings. The Kier molecular flexibility index (Phi) is 5.19. The normalized spacial score (nSPS) is 20.7. The number of carbonyl (C=O) groups is 1. The van der Waals surface area contributed by atoms with E-state index in [0.717, 1.165) is 12.0 Å². The van der Waals surface area contributed by atoms with Crippen molar-refractivity contribution in [2.75, 3.05) is 7.11 Å². The van der Waals surface area contributed by atoms with E-state index < -0.39 is 0 Å². The van der Waals surface area contributed by atoms with E-state index in [1.54, 1.807) is 0 Å². The Morgan fingerprint density at radius 1 is 1.46 bits per heavy atom. The third kappa shape index (κ3) is 2.47. The molecule has 0 saturated heterocycles. The first-order valence-electron chi connectivity index (χ1n) is 4.66. The molecule has 0 amide bonds. The summed E-state index contributed by atoms with van der Waals surface area (Å²) in [6.07, 6.45) is 0.738.